The number of ether oxygens (including phenoxy) is 1. The van der Waals surface area contributed by atoms with Crippen molar-refractivity contribution in [1.29, 1.82) is 0 Å². The lowest BCUT2D eigenvalue weighted by molar-refractivity contribution is -0.150. The van der Waals surface area contributed by atoms with E-state index in [0.29, 0.717) is 25.5 Å². The van der Waals surface area contributed by atoms with Crippen molar-refractivity contribution < 1.29 is 18.3 Å². The monoisotopic (exact) mass is 287 g/mol. The van der Waals surface area contributed by atoms with Crippen LogP contribution in [0.25, 0.3) is 0 Å². The topological polar surface area (TPSA) is 47.4 Å². The van der Waals surface area contributed by atoms with Gasteiger partial charge in [0, 0.05) is 18.9 Å². The van der Waals surface area contributed by atoms with Crippen molar-refractivity contribution in [3.8, 4) is 0 Å². The highest BCUT2D eigenvalue weighted by molar-refractivity contribution is 5.72. The summed E-state index contributed by atoms with van der Waals surface area (Å²) in [6.07, 6.45) is 4.29. The minimum atomic E-state index is -2.59. The number of alkyl halides is 2. The molecule has 0 aromatic carbocycles. The first-order valence-electron chi connectivity index (χ1n) is 6.80. The Morgan fingerprint density at radius 1 is 1.60 bits per heavy atom. The molecule has 1 saturated heterocycles. The molecule has 0 aliphatic carbocycles. The van der Waals surface area contributed by atoms with Gasteiger partial charge in [0.15, 0.2) is 0 Å². The summed E-state index contributed by atoms with van der Waals surface area (Å²) in [4.78, 5) is 17.7. The largest absolute Gasteiger partial charge is 0.466 e. The molecule has 0 bridgehead atoms. The predicted molar refractivity (Wildman–Crippen MR) is 68.1 cm³/mol. The second kappa shape index (κ2) is 6.78. The molecule has 0 spiro atoms. The van der Waals surface area contributed by atoms with E-state index in [1.807, 2.05) is 4.90 Å². The number of esters is 1. The Morgan fingerprint density at radius 3 is 3.10 bits per heavy atom. The van der Waals surface area contributed by atoms with Gasteiger partial charge < -0.3 is 4.74 Å². The lowest BCUT2D eigenvalue weighted by atomic mass is 9.98. The summed E-state index contributed by atoms with van der Waals surface area (Å²) >= 11 is 0. The fourth-order valence-electron chi connectivity index (χ4n) is 2.50. The predicted octanol–water partition coefficient (Wildman–Crippen LogP) is 2.05. The van der Waals surface area contributed by atoms with Gasteiger partial charge in [-0.25, -0.2) is 4.98 Å². The van der Waals surface area contributed by atoms with E-state index < -0.39 is 6.55 Å². The van der Waals surface area contributed by atoms with E-state index in [1.165, 1.54) is 12.4 Å². The number of nitrogens with zero attached hydrogens (tertiary/aromatic N) is 3. The van der Waals surface area contributed by atoms with Crippen LogP contribution in [0.2, 0.25) is 0 Å². The average molecular weight is 287 g/mol. The standard InChI is InChI=1S/C13H19F2N3O2/c1-2-20-12(19)10-4-3-6-17(8-10)9-11-16-5-7-18(11)13(14)15/h5,7,10,13H,2-4,6,8-9H2,1H3/t10-/m0/s1. The third-order valence-electron chi connectivity index (χ3n) is 3.45. The molecule has 1 atom stereocenters. The first kappa shape index (κ1) is 14.9. The van der Waals surface area contributed by atoms with Gasteiger partial charge in [-0.1, -0.05) is 0 Å². The lowest BCUT2D eigenvalue weighted by Crippen LogP contribution is -2.39. The quantitative estimate of drug-likeness (QED) is 0.778. The minimum absolute atomic E-state index is 0.168. The number of carbonyl (C=O) groups excluding carboxylic acids is 1. The Labute approximate surface area is 116 Å². The molecular formula is C13H19F2N3O2. The number of hydrogen-bond acceptors (Lipinski definition) is 4. The fraction of sp³-hybridized carbons (Fsp3) is 0.692. The number of likely N-dealkylation sites (tertiary alicyclic amines) is 1. The summed E-state index contributed by atoms with van der Waals surface area (Å²) < 4.78 is 31.4. The van der Waals surface area contributed by atoms with E-state index in [2.05, 4.69) is 4.98 Å². The Kier molecular flexibility index (Phi) is 5.05. The molecule has 2 rings (SSSR count). The van der Waals surface area contributed by atoms with Crippen LogP contribution in [-0.2, 0) is 16.1 Å². The second-order valence-corrected chi connectivity index (χ2v) is 4.85. The van der Waals surface area contributed by atoms with Gasteiger partial charge in [0.1, 0.15) is 5.82 Å². The molecule has 2 heterocycles. The van der Waals surface area contributed by atoms with E-state index in [0.717, 1.165) is 24.0 Å². The number of aromatic nitrogens is 2. The Morgan fingerprint density at radius 2 is 2.40 bits per heavy atom. The zero-order valence-corrected chi connectivity index (χ0v) is 11.5. The van der Waals surface area contributed by atoms with Gasteiger partial charge in [0.2, 0.25) is 0 Å². The molecule has 1 aliphatic rings. The lowest BCUT2D eigenvalue weighted by Gasteiger charge is -2.31. The van der Waals surface area contributed by atoms with Crippen molar-refractivity contribution in [3.63, 3.8) is 0 Å². The van der Waals surface area contributed by atoms with E-state index in [9.17, 15) is 13.6 Å². The fourth-order valence-corrected chi connectivity index (χ4v) is 2.50. The van der Waals surface area contributed by atoms with Gasteiger partial charge in [-0.15, -0.1) is 0 Å². The molecule has 0 amide bonds. The van der Waals surface area contributed by atoms with Crippen molar-refractivity contribution in [1.82, 2.24) is 14.5 Å². The number of piperidine rings is 1. The molecular weight excluding hydrogens is 268 g/mol. The number of halogens is 2. The number of imidazole rings is 1. The van der Waals surface area contributed by atoms with Crippen LogP contribution in [0, 0.1) is 5.92 Å². The molecule has 0 radical (unpaired) electrons. The van der Waals surface area contributed by atoms with Crippen LogP contribution in [0.4, 0.5) is 8.78 Å². The average Bonchev–Trinajstić information content (AvgIpc) is 2.87. The zero-order valence-electron chi connectivity index (χ0n) is 11.5. The van der Waals surface area contributed by atoms with Crippen LogP contribution in [0.15, 0.2) is 12.4 Å². The Balaban J connectivity index is 1.96. The summed E-state index contributed by atoms with van der Waals surface area (Å²) in [5.41, 5.74) is 0. The number of hydrogen-bond donors (Lipinski definition) is 0. The maximum Gasteiger partial charge on any atom is 0.319 e. The van der Waals surface area contributed by atoms with Crippen molar-refractivity contribution in [2.75, 3.05) is 19.7 Å². The molecule has 20 heavy (non-hydrogen) atoms. The molecule has 7 heteroatoms. The molecule has 1 aromatic rings. The second-order valence-electron chi connectivity index (χ2n) is 4.85. The molecule has 1 aliphatic heterocycles. The van der Waals surface area contributed by atoms with E-state index in [1.54, 1.807) is 6.92 Å². The summed E-state index contributed by atoms with van der Waals surface area (Å²) in [6, 6.07) is 0. The summed E-state index contributed by atoms with van der Waals surface area (Å²) in [7, 11) is 0. The third-order valence-corrected chi connectivity index (χ3v) is 3.45. The van der Waals surface area contributed by atoms with Gasteiger partial charge in [0.25, 0.3) is 0 Å². The van der Waals surface area contributed by atoms with Crippen molar-refractivity contribution in [2.45, 2.75) is 32.9 Å². The summed E-state index contributed by atoms with van der Waals surface area (Å²) in [5, 5.41) is 0. The Hall–Kier alpha value is -1.50. The third kappa shape index (κ3) is 3.53. The van der Waals surface area contributed by atoms with Gasteiger partial charge in [-0.3, -0.25) is 14.3 Å². The van der Waals surface area contributed by atoms with Crippen LogP contribution in [0.3, 0.4) is 0 Å². The van der Waals surface area contributed by atoms with E-state index in [4.69, 9.17) is 4.74 Å². The van der Waals surface area contributed by atoms with Gasteiger partial charge in [-0.05, 0) is 26.3 Å². The van der Waals surface area contributed by atoms with Crippen LogP contribution in [-0.4, -0.2) is 40.1 Å². The summed E-state index contributed by atoms with van der Waals surface area (Å²) in [5.74, 6) is -0.0439. The molecule has 1 fully saturated rings. The molecule has 5 nitrogen and oxygen atoms in total. The highest BCUT2D eigenvalue weighted by atomic mass is 19.3. The SMILES string of the molecule is CCOC(=O)[C@H]1CCCN(Cc2nccn2C(F)F)C1. The molecule has 1 aromatic heterocycles. The maximum atomic E-state index is 12.8. The smallest absolute Gasteiger partial charge is 0.319 e. The molecule has 112 valence electrons. The van der Waals surface area contributed by atoms with Crippen molar-refractivity contribution in [2.24, 2.45) is 5.92 Å². The van der Waals surface area contributed by atoms with E-state index in [-0.39, 0.29) is 11.9 Å². The minimum Gasteiger partial charge on any atom is -0.466 e. The molecule has 0 unspecified atom stereocenters. The normalized spacial score (nSPS) is 20.3. The van der Waals surface area contributed by atoms with Gasteiger partial charge in [-0.2, -0.15) is 8.78 Å². The number of rotatable bonds is 5. The first-order valence-corrected chi connectivity index (χ1v) is 6.80. The first-order chi connectivity index (χ1) is 9.61. The van der Waals surface area contributed by atoms with Crippen LogP contribution in [0.5, 0.6) is 0 Å². The van der Waals surface area contributed by atoms with Gasteiger partial charge in [0.05, 0.1) is 19.1 Å². The van der Waals surface area contributed by atoms with Crippen LogP contribution < -0.4 is 0 Å². The number of carbonyl (C=O) groups is 1. The van der Waals surface area contributed by atoms with Crippen molar-refractivity contribution >= 4 is 5.97 Å². The maximum absolute atomic E-state index is 12.8. The summed E-state index contributed by atoms with van der Waals surface area (Å²) in [6.45, 7) is 1.20. The van der Waals surface area contributed by atoms with Crippen molar-refractivity contribution in [3.05, 3.63) is 18.2 Å². The van der Waals surface area contributed by atoms with Crippen LogP contribution in [0.1, 0.15) is 32.1 Å². The highest BCUT2D eigenvalue weighted by Crippen LogP contribution is 2.21. The molecule has 0 N–H and O–H groups in total. The van der Waals surface area contributed by atoms with Gasteiger partial charge >= 0.3 is 12.5 Å². The molecule has 0 saturated carbocycles. The Bertz CT molecular complexity index is 451. The van der Waals surface area contributed by atoms with Crippen LogP contribution >= 0.6 is 0 Å². The highest BCUT2D eigenvalue weighted by Gasteiger charge is 2.27. The van der Waals surface area contributed by atoms with E-state index >= 15 is 0 Å². The zero-order chi connectivity index (χ0) is 14.5.